The van der Waals surface area contributed by atoms with Gasteiger partial charge in [0, 0.05) is 31.6 Å². The van der Waals surface area contributed by atoms with Crippen molar-refractivity contribution in [3.8, 4) is 0 Å². The van der Waals surface area contributed by atoms with Gasteiger partial charge in [-0.25, -0.2) is 0 Å². The molecule has 1 aromatic carbocycles. The van der Waals surface area contributed by atoms with Crippen LogP contribution in [-0.4, -0.2) is 42.9 Å². The van der Waals surface area contributed by atoms with E-state index in [9.17, 15) is 5.11 Å². The molecule has 0 aliphatic heterocycles. The summed E-state index contributed by atoms with van der Waals surface area (Å²) in [5.74, 6) is 0. The second-order valence-electron chi connectivity index (χ2n) is 5.15. The fourth-order valence-electron chi connectivity index (χ4n) is 2.33. The molecule has 3 nitrogen and oxygen atoms in total. The molecule has 114 valence electrons. The van der Waals surface area contributed by atoms with Crippen molar-refractivity contribution >= 4 is 11.3 Å². The topological polar surface area (TPSA) is 32.7 Å². The van der Waals surface area contributed by atoms with Gasteiger partial charge in [-0.15, -0.1) is 11.3 Å². The van der Waals surface area contributed by atoms with Crippen molar-refractivity contribution in [1.82, 2.24) is 4.90 Å². The summed E-state index contributed by atoms with van der Waals surface area (Å²) in [7, 11) is 1.71. The van der Waals surface area contributed by atoms with Gasteiger partial charge in [-0.1, -0.05) is 36.4 Å². The van der Waals surface area contributed by atoms with Gasteiger partial charge in [-0.2, -0.15) is 0 Å². The Morgan fingerprint density at radius 1 is 1.19 bits per heavy atom. The van der Waals surface area contributed by atoms with E-state index in [2.05, 4.69) is 34.5 Å². The summed E-state index contributed by atoms with van der Waals surface area (Å²) in [4.78, 5) is 3.57. The predicted molar refractivity (Wildman–Crippen MR) is 87.6 cm³/mol. The van der Waals surface area contributed by atoms with E-state index in [1.54, 1.807) is 18.4 Å². The number of hydrogen-bond donors (Lipinski definition) is 1. The highest BCUT2D eigenvalue weighted by Crippen LogP contribution is 2.13. The van der Waals surface area contributed by atoms with Gasteiger partial charge in [0.1, 0.15) is 0 Å². The van der Waals surface area contributed by atoms with Crippen LogP contribution in [0, 0.1) is 0 Å². The zero-order valence-electron chi connectivity index (χ0n) is 12.4. The third kappa shape index (κ3) is 5.98. The van der Waals surface area contributed by atoms with Gasteiger partial charge < -0.3 is 9.84 Å². The van der Waals surface area contributed by atoms with Crippen LogP contribution in [0.15, 0.2) is 47.8 Å². The van der Waals surface area contributed by atoms with Gasteiger partial charge in [0.25, 0.3) is 0 Å². The first-order valence-corrected chi connectivity index (χ1v) is 8.11. The van der Waals surface area contributed by atoms with Crippen molar-refractivity contribution < 1.29 is 9.84 Å². The van der Waals surface area contributed by atoms with E-state index in [-0.39, 0.29) is 6.10 Å². The molecule has 0 amide bonds. The molecular formula is C17H23NO2S. The molecule has 0 bridgehead atoms. The second-order valence-corrected chi connectivity index (χ2v) is 6.18. The highest BCUT2D eigenvalue weighted by atomic mass is 32.1. The lowest BCUT2D eigenvalue weighted by atomic mass is 10.1. The minimum absolute atomic E-state index is 0.357. The first-order chi connectivity index (χ1) is 10.3. The number of rotatable bonds is 9. The number of benzene rings is 1. The quantitative estimate of drug-likeness (QED) is 0.773. The highest BCUT2D eigenvalue weighted by Gasteiger charge is 2.13. The lowest BCUT2D eigenvalue weighted by Gasteiger charge is -2.24. The Labute approximate surface area is 130 Å². The summed E-state index contributed by atoms with van der Waals surface area (Å²) < 4.78 is 5.17. The number of hydrogen-bond acceptors (Lipinski definition) is 4. The maximum atomic E-state index is 10.3. The van der Waals surface area contributed by atoms with E-state index in [4.69, 9.17) is 4.74 Å². The summed E-state index contributed by atoms with van der Waals surface area (Å²) >= 11 is 1.75. The van der Waals surface area contributed by atoms with Crippen LogP contribution < -0.4 is 0 Å². The van der Waals surface area contributed by atoms with Crippen molar-refractivity contribution in [3.05, 3.63) is 58.3 Å². The van der Waals surface area contributed by atoms with E-state index in [1.165, 1.54) is 10.4 Å². The van der Waals surface area contributed by atoms with Gasteiger partial charge in [-0.05, 0) is 23.4 Å². The molecule has 0 saturated carbocycles. The number of ether oxygens (including phenoxy) is 1. The number of aliphatic hydroxyl groups excluding tert-OH is 1. The van der Waals surface area contributed by atoms with E-state index in [0.29, 0.717) is 19.6 Å². The highest BCUT2D eigenvalue weighted by molar-refractivity contribution is 7.09. The second kappa shape index (κ2) is 8.95. The predicted octanol–water partition coefficient (Wildman–Crippen LogP) is 2.80. The lowest BCUT2D eigenvalue weighted by molar-refractivity contribution is 0.0857. The molecule has 4 heteroatoms. The van der Waals surface area contributed by atoms with Crippen molar-refractivity contribution in [2.24, 2.45) is 0 Å². The summed E-state index contributed by atoms with van der Waals surface area (Å²) in [5.41, 5.74) is 1.17. The van der Waals surface area contributed by atoms with Crippen molar-refractivity contribution in [2.75, 3.05) is 26.8 Å². The summed E-state index contributed by atoms with van der Waals surface area (Å²) in [6, 6.07) is 14.3. The fraction of sp³-hybridized carbons (Fsp3) is 0.412. The molecule has 0 spiro atoms. The van der Waals surface area contributed by atoms with Crippen molar-refractivity contribution in [2.45, 2.75) is 19.1 Å². The van der Waals surface area contributed by atoms with Crippen LogP contribution in [0.4, 0.5) is 0 Å². The Balaban J connectivity index is 1.87. The SMILES string of the molecule is COCCN(Cc1cccs1)C[C@H](O)Cc1ccccc1. The molecule has 2 aromatic rings. The van der Waals surface area contributed by atoms with Gasteiger partial charge in [0.2, 0.25) is 0 Å². The summed E-state index contributed by atoms with van der Waals surface area (Å²) in [6.07, 6.45) is 0.332. The Morgan fingerprint density at radius 2 is 2.00 bits per heavy atom. The summed E-state index contributed by atoms with van der Waals surface area (Å²) in [5, 5.41) is 12.4. The third-order valence-corrected chi connectivity index (χ3v) is 4.22. The molecule has 0 fully saturated rings. The molecule has 0 radical (unpaired) electrons. The van der Waals surface area contributed by atoms with Crippen LogP contribution in [-0.2, 0) is 17.7 Å². The molecule has 0 saturated heterocycles. The van der Waals surface area contributed by atoms with E-state index >= 15 is 0 Å². The molecule has 0 aliphatic carbocycles. The van der Waals surface area contributed by atoms with E-state index < -0.39 is 0 Å². The Hall–Kier alpha value is -1.20. The van der Waals surface area contributed by atoms with Crippen LogP contribution in [0.2, 0.25) is 0 Å². The molecule has 1 atom stereocenters. The molecule has 1 heterocycles. The van der Waals surface area contributed by atoms with Gasteiger partial charge in [0.15, 0.2) is 0 Å². The van der Waals surface area contributed by atoms with Crippen molar-refractivity contribution in [3.63, 3.8) is 0 Å². The normalized spacial score (nSPS) is 12.7. The first-order valence-electron chi connectivity index (χ1n) is 7.23. The van der Waals surface area contributed by atoms with Crippen LogP contribution in [0.3, 0.4) is 0 Å². The number of nitrogens with zero attached hydrogens (tertiary/aromatic N) is 1. The minimum Gasteiger partial charge on any atom is -0.391 e. The monoisotopic (exact) mass is 305 g/mol. The average Bonchev–Trinajstić information content (AvgIpc) is 2.98. The van der Waals surface area contributed by atoms with E-state index in [0.717, 1.165) is 13.1 Å². The van der Waals surface area contributed by atoms with Gasteiger partial charge in [0.05, 0.1) is 12.7 Å². The summed E-state index contributed by atoms with van der Waals surface area (Å²) in [6.45, 7) is 3.05. The maximum Gasteiger partial charge on any atom is 0.0707 e. The van der Waals surface area contributed by atoms with Gasteiger partial charge >= 0.3 is 0 Å². The molecule has 0 aliphatic rings. The molecule has 21 heavy (non-hydrogen) atoms. The third-order valence-electron chi connectivity index (χ3n) is 3.35. The zero-order valence-corrected chi connectivity index (χ0v) is 13.3. The van der Waals surface area contributed by atoms with Crippen LogP contribution in [0.5, 0.6) is 0 Å². The number of aliphatic hydroxyl groups is 1. The smallest absolute Gasteiger partial charge is 0.0707 e. The Bertz CT molecular complexity index is 487. The molecule has 1 aromatic heterocycles. The van der Waals surface area contributed by atoms with Crippen LogP contribution in [0.25, 0.3) is 0 Å². The first kappa shape index (κ1) is 16.2. The van der Waals surface area contributed by atoms with Crippen LogP contribution in [0.1, 0.15) is 10.4 Å². The maximum absolute atomic E-state index is 10.3. The fourth-order valence-corrected chi connectivity index (χ4v) is 3.07. The Kier molecular flexibility index (Phi) is 6.89. The average molecular weight is 305 g/mol. The Morgan fingerprint density at radius 3 is 2.67 bits per heavy atom. The minimum atomic E-state index is -0.357. The standard InChI is InChI=1S/C17H23NO2S/c1-20-10-9-18(14-17-8-5-11-21-17)13-16(19)12-15-6-3-2-4-7-15/h2-8,11,16,19H,9-10,12-14H2,1H3/t16-/m1/s1. The largest absolute Gasteiger partial charge is 0.391 e. The molecule has 1 N–H and O–H groups in total. The molecular weight excluding hydrogens is 282 g/mol. The number of methoxy groups -OCH3 is 1. The molecule has 0 unspecified atom stereocenters. The van der Waals surface area contributed by atoms with E-state index in [1.807, 2.05) is 18.2 Å². The lowest BCUT2D eigenvalue weighted by Crippen LogP contribution is -2.35. The zero-order chi connectivity index (χ0) is 14.9. The number of thiophene rings is 1. The molecule has 2 rings (SSSR count). The van der Waals surface area contributed by atoms with Crippen molar-refractivity contribution in [1.29, 1.82) is 0 Å². The van der Waals surface area contributed by atoms with Crippen LogP contribution >= 0.6 is 11.3 Å². The van der Waals surface area contributed by atoms with Gasteiger partial charge in [-0.3, -0.25) is 4.90 Å².